The molecule has 0 bridgehead atoms. The summed E-state index contributed by atoms with van der Waals surface area (Å²) in [5.74, 6) is -2.02. The van der Waals surface area contributed by atoms with Crippen molar-refractivity contribution in [2.45, 2.75) is 50.2 Å². The van der Waals surface area contributed by atoms with E-state index in [9.17, 15) is 14.7 Å². The SMILES string of the molecule is CC1(O)CN(Cc2ccc(-c3ccn[nH]3)cc2)CCC1c1ccc2ncc(C3CCC(=O)NC3=O)cc2c1F. The van der Waals surface area contributed by atoms with Crippen molar-refractivity contribution in [1.82, 2.24) is 25.4 Å². The highest BCUT2D eigenvalue weighted by molar-refractivity contribution is 6.01. The average Bonchev–Trinajstić information content (AvgIpc) is 3.45. The molecule has 3 atom stereocenters. The summed E-state index contributed by atoms with van der Waals surface area (Å²) in [5, 5.41) is 21.1. The molecule has 39 heavy (non-hydrogen) atoms. The van der Waals surface area contributed by atoms with Crippen LogP contribution in [0.15, 0.2) is 60.9 Å². The number of carbonyl (C=O) groups is 2. The number of aromatic nitrogens is 3. The molecule has 6 rings (SSSR count). The Labute approximate surface area is 225 Å². The van der Waals surface area contributed by atoms with Crippen molar-refractivity contribution in [3.05, 3.63) is 83.4 Å². The Morgan fingerprint density at radius 3 is 2.67 bits per heavy atom. The van der Waals surface area contributed by atoms with Gasteiger partial charge in [0.1, 0.15) is 5.82 Å². The number of nitrogens with zero attached hydrogens (tertiary/aromatic N) is 3. The number of pyridine rings is 1. The lowest BCUT2D eigenvalue weighted by Crippen LogP contribution is -2.50. The van der Waals surface area contributed by atoms with Crippen LogP contribution in [0, 0.1) is 5.82 Å². The van der Waals surface area contributed by atoms with Gasteiger partial charge in [0.2, 0.25) is 11.8 Å². The number of fused-ring (bicyclic) bond motifs is 1. The van der Waals surface area contributed by atoms with Crippen LogP contribution in [0.3, 0.4) is 0 Å². The van der Waals surface area contributed by atoms with Gasteiger partial charge in [0.25, 0.3) is 0 Å². The number of carbonyl (C=O) groups excluding carboxylic acids is 2. The largest absolute Gasteiger partial charge is 0.388 e. The Hall–Kier alpha value is -3.95. The smallest absolute Gasteiger partial charge is 0.234 e. The van der Waals surface area contributed by atoms with Gasteiger partial charge in [-0.3, -0.25) is 29.9 Å². The molecule has 4 aromatic rings. The van der Waals surface area contributed by atoms with E-state index in [1.807, 2.05) is 6.07 Å². The minimum Gasteiger partial charge on any atom is -0.388 e. The van der Waals surface area contributed by atoms with Crippen molar-refractivity contribution in [3.63, 3.8) is 0 Å². The summed E-state index contributed by atoms with van der Waals surface area (Å²) in [4.78, 5) is 30.5. The third-order valence-electron chi connectivity index (χ3n) is 8.07. The summed E-state index contributed by atoms with van der Waals surface area (Å²) in [6, 6.07) is 15.3. The number of aromatic amines is 1. The maximum Gasteiger partial charge on any atom is 0.234 e. The number of piperidine rings is 2. The zero-order valence-electron chi connectivity index (χ0n) is 21.7. The maximum atomic E-state index is 16.0. The number of β-amino-alcohol motifs (C(OH)–C–C–N with tert-alkyl or cyclic N) is 1. The number of aliphatic hydroxyl groups is 1. The van der Waals surface area contributed by atoms with Gasteiger partial charge in [-0.25, -0.2) is 4.39 Å². The topological polar surface area (TPSA) is 111 Å². The molecule has 3 unspecified atom stereocenters. The molecule has 4 heterocycles. The van der Waals surface area contributed by atoms with Crippen LogP contribution in [-0.2, 0) is 16.1 Å². The van der Waals surface area contributed by atoms with E-state index in [4.69, 9.17) is 0 Å². The summed E-state index contributed by atoms with van der Waals surface area (Å²) in [6.07, 6.45) is 4.52. The number of benzene rings is 2. The molecule has 2 aromatic carbocycles. The first kappa shape index (κ1) is 25.3. The number of likely N-dealkylation sites (tertiary alicyclic amines) is 1. The number of hydrogen-bond donors (Lipinski definition) is 3. The van der Waals surface area contributed by atoms with Crippen molar-refractivity contribution in [2.75, 3.05) is 13.1 Å². The van der Waals surface area contributed by atoms with Crippen molar-refractivity contribution < 1.29 is 19.1 Å². The molecule has 0 aliphatic carbocycles. The zero-order valence-corrected chi connectivity index (χ0v) is 21.7. The van der Waals surface area contributed by atoms with Crippen LogP contribution in [0.25, 0.3) is 22.2 Å². The zero-order chi connectivity index (χ0) is 27.1. The first-order chi connectivity index (χ1) is 18.8. The first-order valence-electron chi connectivity index (χ1n) is 13.2. The summed E-state index contributed by atoms with van der Waals surface area (Å²) >= 11 is 0. The van der Waals surface area contributed by atoms with Crippen molar-refractivity contribution in [2.24, 2.45) is 0 Å². The van der Waals surface area contributed by atoms with Gasteiger partial charge < -0.3 is 5.11 Å². The molecule has 0 saturated carbocycles. The molecule has 0 radical (unpaired) electrons. The van der Waals surface area contributed by atoms with Crippen molar-refractivity contribution >= 4 is 22.7 Å². The van der Waals surface area contributed by atoms with E-state index in [-0.39, 0.29) is 24.2 Å². The molecule has 200 valence electrons. The van der Waals surface area contributed by atoms with E-state index >= 15 is 4.39 Å². The lowest BCUT2D eigenvalue weighted by atomic mass is 9.77. The molecule has 2 fully saturated rings. The second-order valence-electron chi connectivity index (χ2n) is 10.9. The standard InChI is InChI=1S/C30H30FN5O3/c1-30(39)17-36(16-18-2-4-19(5-3-18)25-10-12-33-35-25)13-11-24(30)22-6-8-26-23(28(22)31)14-20(15-32-26)21-7-9-27(37)34-29(21)38/h2-6,8,10,12,14-15,21,24,39H,7,9,11,13,16-17H2,1H3,(H,33,35)(H,34,37,38). The lowest BCUT2D eigenvalue weighted by Gasteiger charge is -2.43. The second kappa shape index (κ2) is 9.98. The van der Waals surface area contributed by atoms with Crippen LogP contribution >= 0.6 is 0 Å². The normalized spacial score (nSPS) is 24.2. The number of H-pyrrole nitrogens is 1. The highest BCUT2D eigenvalue weighted by Crippen LogP contribution is 2.40. The van der Waals surface area contributed by atoms with Gasteiger partial charge >= 0.3 is 0 Å². The number of nitrogens with one attached hydrogen (secondary N) is 2. The van der Waals surface area contributed by atoms with Crippen molar-refractivity contribution in [1.29, 1.82) is 0 Å². The minimum absolute atomic E-state index is 0.243. The van der Waals surface area contributed by atoms with Gasteiger partial charge in [0.15, 0.2) is 0 Å². The molecule has 9 heteroatoms. The van der Waals surface area contributed by atoms with Gasteiger partial charge in [-0.05, 0) is 66.8 Å². The van der Waals surface area contributed by atoms with Gasteiger partial charge in [-0.1, -0.05) is 30.3 Å². The van der Waals surface area contributed by atoms with E-state index in [2.05, 4.69) is 49.7 Å². The van der Waals surface area contributed by atoms with E-state index in [0.29, 0.717) is 48.0 Å². The molecule has 8 nitrogen and oxygen atoms in total. The molecule has 0 spiro atoms. The highest BCUT2D eigenvalue weighted by Gasteiger charge is 2.40. The maximum absolute atomic E-state index is 16.0. The lowest BCUT2D eigenvalue weighted by molar-refractivity contribution is -0.134. The third-order valence-corrected chi connectivity index (χ3v) is 8.07. The van der Waals surface area contributed by atoms with E-state index in [1.165, 1.54) is 0 Å². The number of imide groups is 1. The Balaban J connectivity index is 1.20. The molecular weight excluding hydrogens is 497 g/mol. The van der Waals surface area contributed by atoms with E-state index < -0.39 is 17.3 Å². The van der Waals surface area contributed by atoms with Crippen LogP contribution < -0.4 is 5.32 Å². The van der Waals surface area contributed by atoms with Crippen molar-refractivity contribution in [3.8, 4) is 11.3 Å². The van der Waals surface area contributed by atoms with Crippen LogP contribution in [0.5, 0.6) is 0 Å². The van der Waals surface area contributed by atoms with E-state index in [0.717, 1.165) is 23.4 Å². The van der Waals surface area contributed by atoms with Gasteiger partial charge in [-0.2, -0.15) is 5.10 Å². The summed E-state index contributed by atoms with van der Waals surface area (Å²) < 4.78 is 16.0. The molecule has 3 N–H and O–H groups in total. The summed E-state index contributed by atoms with van der Waals surface area (Å²) in [6.45, 7) is 3.58. The molecular formula is C30H30FN5O3. The fourth-order valence-electron chi connectivity index (χ4n) is 6.02. The molecule has 2 aliphatic heterocycles. The number of rotatable bonds is 5. The van der Waals surface area contributed by atoms with E-state index in [1.54, 1.807) is 37.5 Å². The highest BCUT2D eigenvalue weighted by atomic mass is 19.1. The molecule has 2 saturated heterocycles. The van der Waals surface area contributed by atoms with Crippen LogP contribution in [-0.4, -0.2) is 55.7 Å². The number of amides is 2. The number of halogens is 1. The predicted molar refractivity (Wildman–Crippen MR) is 144 cm³/mol. The summed E-state index contributed by atoms with van der Waals surface area (Å²) in [5.41, 5.74) is 3.55. The predicted octanol–water partition coefficient (Wildman–Crippen LogP) is 4.02. The van der Waals surface area contributed by atoms with Crippen LogP contribution in [0.2, 0.25) is 0 Å². The third kappa shape index (κ3) is 4.95. The fourth-order valence-corrected chi connectivity index (χ4v) is 6.02. The number of hydrogen-bond acceptors (Lipinski definition) is 6. The van der Waals surface area contributed by atoms with Gasteiger partial charge in [0.05, 0.1) is 22.7 Å². The Morgan fingerprint density at radius 2 is 1.95 bits per heavy atom. The molecule has 2 aliphatic rings. The quantitative estimate of drug-likeness (QED) is 0.338. The molecule has 2 aromatic heterocycles. The second-order valence-corrected chi connectivity index (χ2v) is 10.9. The first-order valence-corrected chi connectivity index (χ1v) is 13.2. The Kier molecular flexibility index (Phi) is 6.48. The minimum atomic E-state index is -1.14. The summed E-state index contributed by atoms with van der Waals surface area (Å²) in [7, 11) is 0. The monoisotopic (exact) mass is 527 g/mol. The Morgan fingerprint density at radius 1 is 1.13 bits per heavy atom. The molecule has 2 amide bonds. The Bertz CT molecular complexity index is 1530. The van der Waals surface area contributed by atoms with Crippen LogP contribution in [0.4, 0.5) is 4.39 Å². The van der Waals surface area contributed by atoms with Gasteiger partial charge in [-0.15, -0.1) is 0 Å². The fraction of sp³-hybridized carbons (Fsp3) is 0.333. The van der Waals surface area contributed by atoms with Crippen LogP contribution in [0.1, 0.15) is 54.7 Å². The van der Waals surface area contributed by atoms with Gasteiger partial charge in [0, 0.05) is 43.2 Å². The average molecular weight is 528 g/mol.